The second-order valence-corrected chi connectivity index (χ2v) is 3.58. The number of nitrogens with zero attached hydrogens (tertiary/aromatic N) is 2. The van der Waals surface area contributed by atoms with Crippen molar-refractivity contribution in [3.8, 4) is 0 Å². The van der Waals surface area contributed by atoms with Crippen LogP contribution in [0.1, 0.15) is 6.92 Å². The number of pyridine rings is 1. The highest BCUT2D eigenvalue weighted by Crippen LogP contribution is 2.13. The molecule has 0 aromatic carbocycles. The maximum Gasteiger partial charge on any atom is 0.129 e. The molecular weight excluding hydrogens is 186 g/mol. The van der Waals surface area contributed by atoms with Crippen LogP contribution in [0.4, 0.5) is 5.69 Å². The van der Waals surface area contributed by atoms with Gasteiger partial charge in [-0.15, -0.1) is 0 Å². The van der Waals surface area contributed by atoms with Gasteiger partial charge in [0.2, 0.25) is 0 Å². The molecule has 72 valence electrons. The molecule has 0 aliphatic carbocycles. The molecule has 0 saturated carbocycles. The average molecular weight is 200 g/mol. The van der Waals surface area contributed by atoms with Gasteiger partial charge in [-0.1, -0.05) is 11.6 Å². The van der Waals surface area contributed by atoms with Gasteiger partial charge in [-0.3, -0.25) is 0 Å². The van der Waals surface area contributed by atoms with Crippen LogP contribution in [0.2, 0.25) is 5.15 Å². The molecule has 1 aromatic rings. The van der Waals surface area contributed by atoms with E-state index in [1.807, 2.05) is 24.9 Å². The summed E-state index contributed by atoms with van der Waals surface area (Å²) in [5.41, 5.74) is 6.70. The lowest BCUT2D eigenvalue weighted by molar-refractivity contribution is 0.717. The molecule has 1 unspecified atom stereocenters. The van der Waals surface area contributed by atoms with Gasteiger partial charge in [0.1, 0.15) is 5.15 Å². The van der Waals surface area contributed by atoms with Crippen molar-refractivity contribution in [2.75, 3.05) is 18.5 Å². The van der Waals surface area contributed by atoms with Gasteiger partial charge in [-0.2, -0.15) is 0 Å². The third kappa shape index (κ3) is 3.20. The highest BCUT2D eigenvalue weighted by molar-refractivity contribution is 6.29. The average Bonchev–Trinajstić information content (AvgIpc) is 2.04. The van der Waals surface area contributed by atoms with Crippen LogP contribution in [0.3, 0.4) is 0 Å². The van der Waals surface area contributed by atoms with E-state index in [1.165, 1.54) is 0 Å². The van der Waals surface area contributed by atoms with E-state index in [9.17, 15) is 0 Å². The highest BCUT2D eigenvalue weighted by Gasteiger charge is 2.03. The fraction of sp³-hybridized carbons (Fsp3) is 0.444. The molecule has 3 nitrogen and oxygen atoms in total. The largest absolute Gasteiger partial charge is 0.372 e. The summed E-state index contributed by atoms with van der Waals surface area (Å²) in [6, 6.07) is 3.85. The number of anilines is 1. The number of likely N-dealkylation sites (N-methyl/N-ethyl adjacent to an activating group) is 1. The van der Waals surface area contributed by atoms with E-state index in [0.717, 1.165) is 12.2 Å². The normalized spacial score (nSPS) is 12.6. The number of aromatic nitrogens is 1. The van der Waals surface area contributed by atoms with Crippen LogP contribution in [0.5, 0.6) is 0 Å². The third-order valence-electron chi connectivity index (χ3n) is 1.71. The van der Waals surface area contributed by atoms with Crippen molar-refractivity contribution >= 4 is 17.3 Å². The predicted molar refractivity (Wildman–Crippen MR) is 56.2 cm³/mol. The first-order valence-electron chi connectivity index (χ1n) is 4.18. The molecule has 0 bridgehead atoms. The first-order valence-corrected chi connectivity index (χ1v) is 4.55. The minimum absolute atomic E-state index is 0.153. The lowest BCUT2D eigenvalue weighted by atomic mass is 10.3. The maximum absolute atomic E-state index is 5.67. The Hall–Kier alpha value is -0.800. The molecule has 0 fully saturated rings. The zero-order valence-corrected chi connectivity index (χ0v) is 8.62. The highest BCUT2D eigenvalue weighted by atomic mass is 35.5. The van der Waals surface area contributed by atoms with Gasteiger partial charge in [0.05, 0.1) is 11.9 Å². The monoisotopic (exact) mass is 199 g/mol. The predicted octanol–water partition coefficient (Wildman–Crippen LogP) is 1.52. The van der Waals surface area contributed by atoms with Gasteiger partial charge in [-0.25, -0.2) is 4.98 Å². The fourth-order valence-electron chi connectivity index (χ4n) is 1.13. The molecule has 1 atom stereocenters. The summed E-state index contributed by atoms with van der Waals surface area (Å²) < 4.78 is 0. The molecule has 4 heteroatoms. The fourth-order valence-corrected chi connectivity index (χ4v) is 1.24. The second-order valence-electron chi connectivity index (χ2n) is 3.20. The number of rotatable bonds is 3. The molecule has 0 radical (unpaired) electrons. The standard InChI is InChI=1S/C9H14ClN3/c1-7(11)6-13(2)8-3-4-9(10)12-5-8/h3-5,7H,6,11H2,1-2H3. The van der Waals surface area contributed by atoms with Crippen molar-refractivity contribution in [1.82, 2.24) is 4.98 Å². The van der Waals surface area contributed by atoms with Crippen LogP contribution in [-0.4, -0.2) is 24.6 Å². The van der Waals surface area contributed by atoms with Gasteiger partial charge in [0.15, 0.2) is 0 Å². The summed E-state index contributed by atoms with van der Waals surface area (Å²) in [5.74, 6) is 0. The number of hydrogen-bond donors (Lipinski definition) is 1. The van der Waals surface area contributed by atoms with Gasteiger partial charge in [-0.05, 0) is 19.1 Å². The summed E-state index contributed by atoms with van der Waals surface area (Å²) in [6.45, 7) is 2.78. The van der Waals surface area contributed by atoms with Gasteiger partial charge in [0, 0.05) is 19.6 Å². The second kappa shape index (κ2) is 4.44. The van der Waals surface area contributed by atoms with Gasteiger partial charge in [0.25, 0.3) is 0 Å². The number of halogens is 1. The molecule has 0 amide bonds. The number of nitrogens with two attached hydrogens (primary N) is 1. The lowest BCUT2D eigenvalue weighted by Crippen LogP contribution is -2.32. The Bertz CT molecular complexity index is 258. The van der Waals surface area contributed by atoms with Crippen LogP contribution in [-0.2, 0) is 0 Å². The minimum atomic E-state index is 0.153. The van der Waals surface area contributed by atoms with E-state index in [-0.39, 0.29) is 6.04 Å². The smallest absolute Gasteiger partial charge is 0.129 e. The number of hydrogen-bond acceptors (Lipinski definition) is 3. The van der Waals surface area contributed by atoms with Crippen LogP contribution < -0.4 is 10.6 Å². The molecule has 0 aliphatic heterocycles. The van der Waals surface area contributed by atoms with Crippen LogP contribution in [0.25, 0.3) is 0 Å². The molecule has 1 rings (SSSR count). The Kier molecular flexibility index (Phi) is 3.51. The van der Waals surface area contributed by atoms with Crippen molar-refractivity contribution in [1.29, 1.82) is 0 Å². The van der Waals surface area contributed by atoms with Crippen LogP contribution in [0.15, 0.2) is 18.3 Å². The molecule has 13 heavy (non-hydrogen) atoms. The van der Waals surface area contributed by atoms with E-state index >= 15 is 0 Å². The molecular formula is C9H14ClN3. The Labute approximate surface area is 83.5 Å². The molecule has 0 aliphatic rings. The van der Waals surface area contributed by atoms with Crippen molar-refractivity contribution < 1.29 is 0 Å². The molecule has 2 N–H and O–H groups in total. The zero-order chi connectivity index (χ0) is 9.84. The zero-order valence-electron chi connectivity index (χ0n) is 7.87. The minimum Gasteiger partial charge on any atom is -0.372 e. The summed E-state index contributed by atoms with van der Waals surface area (Å²) in [6.07, 6.45) is 1.74. The lowest BCUT2D eigenvalue weighted by Gasteiger charge is -2.20. The van der Waals surface area contributed by atoms with Crippen LogP contribution >= 0.6 is 11.6 Å². The molecule has 0 spiro atoms. The van der Waals surface area contributed by atoms with E-state index < -0.39 is 0 Å². The van der Waals surface area contributed by atoms with Crippen molar-refractivity contribution in [2.24, 2.45) is 5.73 Å². The summed E-state index contributed by atoms with van der Waals surface area (Å²) in [5, 5.41) is 0.512. The Balaban J connectivity index is 2.66. The van der Waals surface area contributed by atoms with E-state index in [1.54, 1.807) is 12.3 Å². The van der Waals surface area contributed by atoms with Crippen molar-refractivity contribution in [3.63, 3.8) is 0 Å². The SMILES string of the molecule is CC(N)CN(C)c1ccc(Cl)nc1. The first kappa shape index (κ1) is 10.3. The van der Waals surface area contributed by atoms with Crippen molar-refractivity contribution in [3.05, 3.63) is 23.5 Å². The maximum atomic E-state index is 5.67. The first-order chi connectivity index (χ1) is 6.09. The van der Waals surface area contributed by atoms with E-state index in [0.29, 0.717) is 5.15 Å². The van der Waals surface area contributed by atoms with Crippen LogP contribution in [0, 0.1) is 0 Å². The molecule has 1 aromatic heterocycles. The summed E-state index contributed by atoms with van der Waals surface area (Å²) in [4.78, 5) is 6.04. The quantitative estimate of drug-likeness (QED) is 0.751. The van der Waals surface area contributed by atoms with Gasteiger partial charge < -0.3 is 10.6 Å². The topological polar surface area (TPSA) is 42.1 Å². The van der Waals surface area contributed by atoms with E-state index in [2.05, 4.69) is 4.98 Å². The van der Waals surface area contributed by atoms with Crippen molar-refractivity contribution in [2.45, 2.75) is 13.0 Å². The Morgan fingerprint density at radius 3 is 2.77 bits per heavy atom. The molecule has 0 saturated heterocycles. The van der Waals surface area contributed by atoms with Gasteiger partial charge >= 0.3 is 0 Å². The summed E-state index contributed by atoms with van der Waals surface area (Å²) >= 11 is 5.67. The third-order valence-corrected chi connectivity index (χ3v) is 1.94. The Morgan fingerprint density at radius 2 is 2.31 bits per heavy atom. The van der Waals surface area contributed by atoms with E-state index in [4.69, 9.17) is 17.3 Å². The molecule has 1 heterocycles. The summed E-state index contributed by atoms with van der Waals surface area (Å²) in [7, 11) is 1.98. The Morgan fingerprint density at radius 1 is 1.62 bits per heavy atom.